The van der Waals surface area contributed by atoms with Crippen LogP contribution >= 0.6 is 0 Å². The van der Waals surface area contributed by atoms with Gasteiger partial charge in [-0.15, -0.1) is 5.10 Å². The fraction of sp³-hybridized carbons (Fsp3) is 0.538. The number of ether oxygens (including phenoxy) is 1. The molecular weight excluding hydrogens is 504 g/mol. The highest BCUT2D eigenvalue weighted by Crippen LogP contribution is 2.43. The normalized spacial score (nSPS) is 23.0. The van der Waals surface area contributed by atoms with Crippen molar-refractivity contribution in [2.75, 3.05) is 24.6 Å². The number of aliphatic imine (C=N–C) groups is 1. The molecule has 4 heterocycles. The Morgan fingerprint density at radius 2 is 1.97 bits per heavy atom. The maximum Gasteiger partial charge on any atom is 0.422 e. The molecule has 1 aliphatic carbocycles. The van der Waals surface area contributed by atoms with E-state index in [1.807, 2.05) is 11.8 Å². The first-order valence-electron chi connectivity index (χ1n) is 12.6. The second-order valence-electron chi connectivity index (χ2n) is 10.6. The van der Waals surface area contributed by atoms with Crippen LogP contribution in [0, 0.1) is 30.5 Å². The Bertz CT molecular complexity index is 1380. The molecule has 2 aliphatic rings. The zero-order valence-electron chi connectivity index (χ0n) is 21.6. The molecule has 8 nitrogen and oxygen atoms in total. The Labute approximate surface area is 217 Å². The van der Waals surface area contributed by atoms with Crippen LogP contribution in [0.2, 0.25) is 0 Å². The first-order chi connectivity index (χ1) is 17.8. The van der Waals surface area contributed by atoms with Crippen LogP contribution in [0.15, 0.2) is 29.4 Å². The summed E-state index contributed by atoms with van der Waals surface area (Å²) in [5.74, 6) is 0.0550. The topological polar surface area (TPSA) is 88.1 Å². The molecule has 1 aliphatic heterocycles. The number of nitrogens with zero attached hydrogens (tertiary/aromatic N) is 6. The van der Waals surface area contributed by atoms with E-state index in [2.05, 4.69) is 22.0 Å². The minimum absolute atomic E-state index is 0.0400. The zero-order chi connectivity index (χ0) is 27.4. The van der Waals surface area contributed by atoms with Crippen molar-refractivity contribution in [2.24, 2.45) is 22.7 Å². The summed E-state index contributed by atoms with van der Waals surface area (Å²) < 4.78 is 59.4. The highest BCUT2D eigenvalue weighted by molar-refractivity contribution is 5.94. The molecule has 2 fully saturated rings. The summed E-state index contributed by atoms with van der Waals surface area (Å²) in [5, 5.41) is 15.1. The second kappa shape index (κ2) is 9.48. The van der Waals surface area contributed by atoms with Gasteiger partial charge < -0.3 is 14.7 Å². The van der Waals surface area contributed by atoms with Crippen molar-refractivity contribution in [1.29, 1.82) is 0 Å². The lowest BCUT2D eigenvalue weighted by Crippen LogP contribution is -2.38. The molecule has 204 valence electrons. The van der Waals surface area contributed by atoms with Crippen molar-refractivity contribution in [3.05, 3.63) is 41.6 Å². The van der Waals surface area contributed by atoms with Crippen LogP contribution in [-0.4, -0.2) is 56.3 Å². The molecule has 3 atom stereocenters. The molecule has 0 spiro atoms. The molecule has 1 unspecified atom stereocenters. The number of anilines is 1. The Morgan fingerprint density at radius 1 is 1.21 bits per heavy atom. The van der Waals surface area contributed by atoms with Crippen LogP contribution < -0.4 is 9.64 Å². The van der Waals surface area contributed by atoms with Gasteiger partial charge in [-0.3, -0.25) is 4.98 Å². The number of alkyl halides is 3. The summed E-state index contributed by atoms with van der Waals surface area (Å²) >= 11 is 0. The predicted octanol–water partition coefficient (Wildman–Crippen LogP) is 5.00. The fourth-order valence-electron chi connectivity index (χ4n) is 5.70. The smallest absolute Gasteiger partial charge is 0.422 e. The van der Waals surface area contributed by atoms with Crippen molar-refractivity contribution >= 4 is 23.0 Å². The molecule has 1 saturated heterocycles. The number of aliphatic hydroxyl groups is 1. The lowest BCUT2D eigenvalue weighted by molar-refractivity contribution is -0.153. The van der Waals surface area contributed by atoms with Gasteiger partial charge in [-0.25, -0.2) is 13.9 Å². The van der Waals surface area contributed by atoms with E-state index in [0.717, 1.165) is 24.2 Å². The molecule has 5 rings (SSSR count). The number of piperidine rings is 1. The van der Waals surface area contributed by atoms with Gasteiger partial charge in [0.25, 0.3) is 5.95 Å². The molecule has 3 aromatic rings. The van der Waals surface area contributed by atoms with E-state index in [1.54, 1.807) is 19.9 Å². The minimum Gasteiger partial charge on any atom is -0.480 e. The Hall–Kier alpha value is -3.28. The number of aryl methyl sites for hydroxylation is 1. The maximum absolute atomic E-state index is 14.6. The molecule has 1 saturated carbocycles. The van der Waals surface area contributed by atoms with E-state index >= 15 is 0 Å². The number of hydrogen-bond acceptors (Lipinski definition) is 7. The molecule has 3 aromatic heterocycles. The SMILES string of the molecule is CC[C@H]1C(=Nc2nc3c(OCC(F)(F)F)ccc(C(C)(C)O)n3n2)C2C[C@H]1CN(c1cc(C)ncc1F)C2. The van der Waals surface area contributed by atoms with Gasteiger partial charge in [0.05, 0.1) is 17.6 Å². The Balaban J connectivity index is 1.53. The van der Waals surface area contributed by atoms with E-state index in [-0.39, 0.29) is 40.9 Å². The molecule has 1 N–H and O–H groups in total. The first-order valence-corrected chi connectivity index (χ1v) is 12.6. The van der Waals surface area contributed by atoms with Gasteiger partial charge in [-0.05, 0) is 57.7 Å². The van der Waals surface area contributed by atoms with Crippen molar-refractivity contribution in [3.63, 3.8) is 0 Å². The van der Waals surface area contributed by atoms with Gasteiger partial charge in [0, 0.05) is 36.3 Å². The van der Waals surface area contributed by atoms with Crippen LogP contribution in [0.4, 0.5) is 29.2 Å². The third kappa shape index (κ3) is 5.05. The maximum atomic E-state index is 14.6. The first kappa shape index (κ1) is 26.3. The number of aromatic nitrogens is 4. The summed E-state index contributed by atoms with van der Waals surface area (Å²) in [4.78, 5) is 15.3. The fourth-order valence-corrected chi connectivity index (χ4v) is 5.70. The van der Waals surface area contributed by atoms with Crippen molar-refractivity contribution < 1.29 is 27.4 Å². The predicted molar refractivity (Wildman–Crippen MR) is 133 cm³/mol. The molecule has 38 heavy (non-hydrogen) atoms. The van der Waals surface area contributed by atoms with Crippen molar-refractivity contribution in [1.82, 2.24) is 19.6 Å². The quantitative estimate of drug-likeness (QED) is 0.448. The lowest BCUT2D eigenvalue weighted by atomic mass is 9.92. The van der Waals surface area contributed by atoms with Crippen molar-refractivity contribution in [3.8, 4) is 5.75 Å². The van der Waals surface area contributed by atoms with E-state index in [9.17, 15) is 22.7 Å². The standard InChI is InChI=1S/C26H30F4N6O2/c1-5-17-15-9-16(12-35(11-15)19-8-14(2)31-10-18(19)27)22(17)32-24-33-23-20(38-13-26(28,29)30)6-7-21(25(3,4)37)36(23)34-24/h6-8,10,15-17,37H,5,9,11-13H2,1-4H3/t15-,16?,17+/m0/s1. The zero-order valence-corrected chi connectivity index (χ0v) is 21.6. The summed E-state index contributed by atoms with van der Waals surface area (Å²) in [5.41, 5.74) is 1.19. The Kier molecular flexibility index (Phi) is 6.57. The minimum atomic E-state index is -4.52. The number of pyridine rings is 2. The monoisotopic (exact) mass is 534 g/mol. The van der Waals surface area contributed by atoms with E-state index in [0.29, 0.717) is 24.5 Å². The molecule has 0 amide bonds. The van der Waals surface area contributed by atoms with Crippen molar-refractivity contribution in [2.45, 2.75) is 52.3 Å². The van der Waals surface area contributed by atoms with Gasteiger partial charge in [0.2, 0.25) is 0 Å². The van der Waals surface area contributed by atoms with Crippen LogP contribution in [0.25, 0.3) is 5.65 Å². The molecule has 0 aromatic carbocycles. The largest absolute Gasteiger partial charge is 0.480 e. The third-order valence-electron chi connectivity index (χ3n) is 7.29. The van der Waals surface area contributed by atoms with Gasteiger partial charge >= 0.3 is 6.18 Å². The highest BCUT2D eigenvalue weighted by atomic mass is 19.4. The van der Waals surface area contributed by atoms with Gasteiger partial charge in [-0.2, -0.15) is 18.2 Å². The molecular formula is C26H30F4N6O2. The van der Waals surface area contributed by atoms with Crippen LogP contribution in [0.5, 0.6) is 5.75 Å². The molecule has 12 heteroatoms. The average molecular weight is 535 g/mol. The second-order valence-corrected chi connectivity index (χ2v) is 10.6. The molecule has 2 bridgehead atoms. The third-order valence-corrected chi connectivity index (χ3v) is 7.29. The number of fused-ring (bicyclic) bond motifs is 3. The number of hydrogen-bond donors (Lipinski definition) is 1. The van der Waals surface area contributed by atoms with Gasteiger partial charge in [-0.1, -0.05) is 6.92 Å². The van der Waals surface area contributed by atoms with Crippen LogP contribution in [0.1, 0.15) is 45.0 Å². The lowest BCUT2D eigenvalue weighted by Gasteiger charge is -2.34. The van der Waals surface area contributed by atoms with Gasteiger partial charge in [0.15, 0.2) is 23.8 Å². The highest BCUT2D eigenvalue weighted by Gasteiger charge is 2.45. The number of rotatable bonds is 6. The van der Waals surface area contributed by atoms with Crippen LogP contribution in [-0.2, 0) is 5.60 Å². The summed E-state index contributed by atoms with van der Waals surface area (Å²) in [6, 6.07) is 4.56. The average Bonchev–Trinajstić information content (AvgIpc) is 3.35. The molecule has 0 radical (unpaired) electrons. The van der Waals surface area contributed by atoms with Crippen LogP contribution in [0.3, 0.4) is 0 Å². The van der Waals surface area contributed by atoms with Gasteiger partial charge in [0.1, 0.15) is 5.60 Å². The number of halogens is 4. The summed E-state index contributed by atoms with van der Waals surface area (Å²) in [6.45, 7) is 6.78. The summed E-state index contributed by atoms with van der Waals surface area (Å²) in [6.07, 6.45) is -1.55. The van der Waals surface area contributed by atoms with E-state index in [1.165, 1.54) is 22.8 Å². The Morgan fingerprint density at radius 3 is 2.66 bits per heavy atom. The summed E-state index contributed by atoms with van der Waals surface area (Å²) in [7, 11) is 0. The van der Waals surface area contributed by atoms with E-state index < -0.39 is 18.4 Å². The van der Waals surface area contributed by atoms with E-state index in [4.69, 9.17) is 9.73 Å².